The zero-order valence-corrected chi connectivity index (χ0v) is 32.3. The number of allylic oxidation sites excluding steroid dienone is 7. The number of unbranched alkanes of at least 4 members (excludes halogenated alkanes) is 13. The molecule has 0 rings (SSSR count). The smallest absolute Gasteiger partial charge is 0.305 e. The van der Waals surface area contributed by atoms with E-state index in [2.05, 4.69) is 13.8 Å². The summed E-state index contributed by atoms with van der Waals surface area (Å²) < 4.78 is 10.2. The van der Waals surface area contributed by atoms with Crippen LogP contribution in [-0.4, -0.2) is 70.0 Å². The first-order chi connectivity index (χ1) is 24.6. The van der Waals surface area contributed by atoms with Gasteiger partial charge in [0.2, 0.25) is 0 Å². The Kier molecular flexibility index (Phi) is 34.1. The highest BCUT2D eigenvalue weighted by atomic mass is 16.6. The molecule has 0 unspecified atom stereocenters. The van der Waals surface area contributed by atoms with Gasteiger partial charge in [0.05, 0.1) is 18.3 Å². The predicted molar refractivity (Wildman–Crippen MR) is 209 cm³/mol. The van der Waals surface area contributed by atoms with Crippen molar-refractivity contribution >= 4 is 11.9 Å². The van der Waals surface area contributed by atoms with Gasteiger partial charge in [0.1, 0.15) is 19.3 Å². The topological polar surface area (TPSA) is 134 Å². The molecule has 0 bridgehead atoms. The second-order valence-electron chi connectivity index (χ2n) is 14.1. The van der Waals surface area contributed by atoms with Crippen LogP contribution in [0.1, 0.15) is 156 Å². The van der Waals surface area contributed by atoms with Crippen LogP contribution in [0.15, 0.2) is 60.8 Å². The van der Waals surface area contributed by atoms with Crippen molar-refractivity contribution in [3.05, 3.63) is 60.8 Å². The predicted octanol–water partition coefficient (Wildman–Crippen LogP) is 9.17. The summed E-state index contributed by atoms with van der Waals surface area (Å²) in [6.45, 7) is 6.16. The molecule has 8 heteroatoms. The fourth-order valence-electron chi connectivity index (χ4n) is 5.38. The van der Waals surface area contributed by atoms with Gasteiger partial charge in [0.25, 0.3) is 0 Å². The van der Waals surface area contributed by atoms with Crippen molar-refractivity contribution in [1.82, 2.24) is 0 Å². The highest BCUT2D eigenvalue weighted by Gasteiger charge is 2.15. The summed E-state index contributed by atoms with van der Waals surface area (Å²) in [6.07, 6.45) is 35.2. The van der Waals surface area contributed by atoms with Crippen molar-refractivity contribution in [3.63, 3.8) is 0 Å². The van der Waals surface area contributed by atoms with E-state index in [4.69, 9.17) is 9.47 Å². The van der Waals surface area contributed by atoms with Crippen LogP contribution in [0.2, 0.25) is 0 Å². The first-order valence-corrected chi connectivity index (χ1v) is 20.0. The number of aliphatic hydroxyl groups excluding tert-OH is 4. The molecular weight excluding hydrogens is 644 g/mol. The highest BCUT2D eigenvalue weighted by Crippen LogP contribution is 2.15. The monoisotopic (exact) mass is 719 g/mol. The van der Waals surface area contributed by atoms with Gasteiger partial charge < -0.3 is 29.9 Å². The molecule has 0 saturated heterocycles. The molecule has 0 aromatic heterocycles. The Morgan fingerprint density at radius 1 is 0.549 bits per heavy atom. The van der Waals surface area contributed by atoms with Crippen LogP contribution in [0.5, 0.6) is 0 Å². The van der Waals surface area contributed by atoms with Gasteiger partial charge in [-0.25, -0.2) is 0 Å². The molecule has 4 atom stereocenters. The zero-order valence-electron chi connectivity index (χ0n) is 32.3. The second-order valence-corrected chi connectivity index (χ2v) is 14.1. The number of esters is 2. The molecule has 294 valence electrons. The van der Waals surface area contributed by atoms with Crippen LogP contribution < -0.4 is 0 Å². The molecule has 0 spiro atoms. The third-order valence-corrected chi connectivity index (χ3v) is 8.54. The molecule has 0 fully saturated rings. The minimum absolute atomic E-state index is 0.0284. The number of carbonyl (C=O) groups is 2. The minimum Gasteiger partial charge on any atom is -0.463 e. The lowest BCUT2D eigenvalue weighted by molar-refractivity contribution is -0.152. The Labute approximate surface area is 310 Å². The van der Waals surface area contributed by atoms with Gasteiger partial charge in [-0.15, -0.1) is 0 Å². The maximum Gasteiger partial charge on any atom is 0.305 e. The van der Waals surface area contributed by atoms with Crippen LogP contribution in [-0.2, 0) is 19.1 Å². The first kappa shape index (κ1) is 48.5. The second kappa shape index (κ2) is 35.9. The fraction of sp³-hybridized carbons (Fsp3) is 0.721. The van der Waals surface area contributed by atoms with Crippen LogP contribution in [0.4, 0.5) is 0 Å². The molecule has 0 amide bonds. The molecule has 0 aliphatic carbocycles. The van der Waals surface area contributed by atoms with E-state index < -0.39 is 30.4 Å². The lowest BCUT2D eigenvalue weighted by Gasteiger charge is -2.14. The number of ether oxygens (including phenoxy) is 2. The number of carbonyl (C=O) groups excluding carboxylic acids is 2. The Hall–Kier alpha value is -2.52. The summed E-state index contributed by atoms with van der Waals surface area (Å²) >= 11 is 0. The molecule has 8 nitrogen and oxygen atoms in total. The average molecular weight is 719 g/mol. The zero-order chi connectivity index (χ0) is 37.8. The van der Waals surface area contributed by atoms with Crippen molar-refractivity contribution in [3.8, 4) is 0 Å². The Balaban J connectivity index is 3.76. The Morgan fingerprint density at radius 3 is 1.51 bits per heavy atom. The van der Waals surface area contributed by atoms with E-state index in [1.165, 1.54) is 83.1 Å². The number of aliphatic hydroxyl groups is 4. The van der Waals surface area contributed by atoms with Crippen LogP contribution in [0.3, 0.4) is 0 Å². The maximum atomic E-state index is 12.0. The van der Waals surface area contributed by atoms with Crippen molar-refractivity contribution < 1.29 is 39.5 Å². The summed E-state index contributed by atoms with van der Waals surface area (Å²) in [5, 5.41) is 40.1. The van der Waals surface area contributed by atoms with Gasteiger partial charge in [0, 0.05) is 12.8 Å². The lowest BCUT2D eigenvalue weighted by Crippen LogP contribution is -2.26. The van der Waals surface area contributed by atoms with Gasteiger partial charge in [-0.2, -0.15) is 0 Å². The Bertz CT molecular complexity index is 967. The van der Waals surface area contributed by atoms with Crippen molar-refractivity contribution in [2.75, 3.05) is 13.2 Å². The van der Waals surface area contributed by atoms with Gasteiger partial charge in [-0.3, -0.25) is 9.59 Å². The molecule has 0 aliphatic rings. The highest BCUT2D eigenvalue weighted by molar-refractivity contribution is 5.69. The standard InChI is InChI=1S/C43H74O8/c1-4-5-22-29-38(44)30-24-19-16-17-20-25-31-40(46)41(47)32-27-34-43(49)51-36-39(45)35-50-42(48)33-26-21-15-13-11-9-7-6-8-10-12-14-18-23-28-37(2)3/h5,16-17,19-20,22,24-25,30-31,37-41,44-47H,4,6-15,18,21,23,26-29,32-36H2,1-3H3/b19-16+,20-17-,22-5-,30-24+,31-25-/t38-,39+,40+,41+/m1/s1. The molecule has 0 aromatic rings. The van der Waals surface area contributed by atoms with E-state index in [1.54, 1.807) is 42.5 Å². The van der Waals surface area contributed by atoms with E-state index >= 15 is 0 Å². The maximum absolute atomic E-state index is 12.0. The molecule has 0 aromatic carbocycles. The third kappa shape index (κ3) is 35.7. The number of hydrogen-bond donors (Lipinski definition) is 4. The molecule has 4 N–H and O–H groups in total. The van der Waals surface area contributed by atoms with Crippen molar-refractivity contribution in [2.24, 2.45) is 5.92 Å². The molecule has 0 saturated carbocycles. The molecule has 0 heterocycles. The van der Waals surface area contributed by atoms with Gasteiger partial charge in [-0.05, 0) is 38.0 Å². The van der Waals surface area contributed by atoms with E-state index in [1.807, 2.05) is 19.1 Å². The first-order valence-electron chi connectivity index (χ1n) is 20.0. The van der Waals surface area contributed by atoms with E-state index in [9.17, 15) is 30.0 Å². The number of hydrogen-bond acceptors (Lipinski definition) is 8. The molecular formula is C43H74O8. The summed E-state index contributed by atoms with van der Waals surface area (Å²) in [7, 11) is 0. The Morgan fingerprint density at radius 2 is 1.00 bits per heavy atom. The average Bonchev–Trinajstić information content (AvgIpc) is 3.10. The summed E-state index contributed by atoms with van der Waals surface area (Å²) in [6, 6.07) is 0. The van der Waals surface area contributed by atoms with E-state index in [-0.39, 0.29) is 32.0 Å². The molecule has 0 aliphatic heterocycles. The van der Waals surface area contributed by atoms with Crippen LogP contribution in [0, 0.1) is 5.92 Å². The van der Waals surface area contributed by atoms with E-state index in [0.29, 0.717) is 19.3 Å². The SMILES string of the molecule is CC/C=C\C[C@@H](O)/C=C/C=C/C=C\C=C/[C@H](O)[C@@H](O)CCCC(=O)OC[C@@H](O)COC(=O)CCCCCCCCCCCCCCCCC(C)C. The fourth-order valence-corrected chi connectivity index (χ4v) is 5.38. The summed E-state index contributed by atoms with van der Waals surface area (Å²) in [4.78, 5) is 24.0. The third-order valence-electron chi connectivity index (χ3n) is 8.54. The summed E-state index contributed by atoms with van der Waals surface area (Å²) in [5.74, 6) is -0.0522. The van der Waals surface area contributed by atoms with Crippen molar-refractivity contribution in [1.29, 1.82) is 0 Å². The number of rotatable bonds is 34. The van der Waals surface area contributed by atoms with E-state index in [0.717, 1.165) is 31.6 Å². The van der Waals surface area contributed by atoms with Gasteiger partial charge in [0.15, 0.2) is 0 Å². The lowest BCUT2D eigenvalue weighted by atomic mass is 10.0. The minimum atomic E-state index is -1.09. The normalized spacial score (nSPS) is 14.8. The summed E-state index contributed by atoms with van der Waals surface area (Å²) in [5.41, 5.74) is 0. The molecule has 51 heavy (non-hydrogen) atoms. The van der Waals surface area contributed by atoms with Gasteiger partial charge in [-0.1, -0.05) is 171 Å². The largest absolute Gasteiger partial charge is 0.463 e. The quantitative estimate of drug-likeness (QED) is 0.0224. The van der Waals surface area contributed by atoms with Crippen LogP contribution >= 0.6 is 0 Å². The van der Waals surface area contributed by atoms with Crippen LogP contribution in [0.25, 0.3) is 0 Å². The van der Waals surface area contributed by atoms with Crippen molar-refractivity contribution in [2.45, 2.75) is 180 Å². The van der Waals surface area contributed by atoms with Gasteiger partial charge >= 0.3 is 11.9 Å². The molecule has 0 radical (unpaired) electrons.